The summed E-state index contributed by atoms with van der Waals surface area (Å²) in [5.41, 5.74) is 1.32. The smallest absolute Gasteiger partial charge is 0.274 e. The largest absolute Gasteiger partial charge is 0.352 e. The summed E-state index contributed by atoms with van der Waals surface area (Å²) in [5, 5.41) is 14.3. The summed E-state index contributed by atoms with van der Waals surface area (Å²) in [5.74, 6) is -0.623. The van der Waals surface area contributed by atoms with Gasteiger partial charge in [0.2, 0.25) is 5.91 Å². The summed E-state index contributed by atoms with van der Waals surface area (Å²) < 4.78 is 0. The summed E-state index contributed by atoms with van der Waals surface area (Å²) in [6.07, 6.45) is 2.01. The molecule has 0 aliphatic heterocycles. The first-order valence-electron chi connectivity index (χ1n) is 7.30. The van der Waals surface area contributed by atoms with Gasteiger partial charge in [-0.05, 0) is 38.0 Å². The minimum Gasteiger partial charge on any atom is -0.352 e. The lowest BCUT2D eigenvalue weighted by Crippen LogP contribution is -2.38. The normalized spacial score (nSPS) is 13.7. The van der Waals surface area contributed by atoms with Crippen molar-refractivity contribution in [2.75, 3.05) is 6.54 Å². The van der Waals surface area contributed by atoms with Gasteiger partial charge in [-0.3, -0.25) is 9.59 Å². The zero-order chi connectivity index (χ0) is 16.4. The Morgan fingerprint density at radius 2 is 2.13 bits per heavy atom. The molecule has 1 aromatic carbocycles. The van der Waals surface area contributed by atoms with E-state index in [4.69, 9.17) is 11.6 Å². The summed E-state index contributed by atoms with van der Waals surface area (Å²) in [4.78, 5) is 25.1. The molecular formula is C15H16ClN5O2. The molecule has 2 N–H and O–H groups in total. The molecule has 0 atom stereocenters. The maximum atomic E-state index is 12.1. The number of aryl methyl sites for hydroxylation is 1. The van der Waals surface area contributed by atoms with Crippen LogP contribution in [0.4, 0.5) is 0 Å². The molecule has 1 aliphatic rings. The van der Waals surface area contributed by atoms with Gasteiger partial charge in [-0.15, -0.1) is 5.10 Å². The molecule has 1 aromatic heterocycles. The van der Waals surface area contributed by atoms with Crippen LogP contribution >= 0.6 is 11.6 Å². The van der Waals surface area contributed by atoms with Gasteiger partial charge in [0.05, 0.1) is 17.9 Å². The molecule has 120 valence electrons. The van der Waals surface area contributed by atoms with Crippen LogP contribution in [0.15, 0.2) is 24.3 Å². The van der Waals surface area contributed by atoms with E-state index in [0.29, 0.717) is 16.4 Å². The third-order valence-electron chi connectivity index (χ3n) is 3.39. The molecule has 1 fully saturated rings. The van der Waals surface area contributed by atoms with Crippen LogP contribution in [0.1, 0.15) is 29.0 Å². The van der Waals surface area contributed by atoms with Gasteiger partial charge >= 0.3 is 0 Å². The number of amides is 2. The molecule has 3 rings (SSSR count). The molecule has 0 radical (unpaired) electrons. The molecule has 2 amide bonds. The van der Waals surface area contributed by atoms with E-state index < -0.39 is 5.91 Å². The Bertz CT molecular complexity index is 754. The van der Waals surface area contributed by atoms with Crippen LogP contribution in [0.25, 0.3) is 5.69 Å². The second kappa shape index (κ2) is 6.37. The number of nitrogens with zero attached hydrogens (tertiary/aromatic N) is 3. The number of carbonyl (C=O) groups is 2. The van der Waals surface area contributed by atoms with Crippen LogP contribution in [0, 0.1) is 6.92 Å². The lowest BCUT2D eigenvalue weighted by molar-refractivity contribution is -0.120. The molecular weight excluding hydrogens is 318 g/mol. The van der Waals surface area contributed by atoms with E-state index in [2.05, 4.69) is 20.8 Å². The molecule has 0 bridgehead atoms. The van der Waals surface area contributed by atoms with Crippen molar-refractivity contribution in [2.45, 2.75) is 25.8 Å². The Morgan fingerprint density at radius 1 is 1.35 bits per heavy atom. The second-order valence-electron chi connectivity index (χ2n) is 5.43. The molecule has 0 unspecified atom stereocenters. The van der Waals surface area contributed by atoms with E-state index in [1.165, 1.54) is 4.80 Å². The van der Waals surface area contributed by atoms with Crippen molar-refractivity contribution < 1.29 is 9.59 Å². The van der Waals surface area contributed by atoms with Crippen LogP contribution in [-0.4, -0.2) is 39.4 Å². The van der Waals surface area contributed by atoms with Gasteiger partial charge < -0.3 is 10.6 Å². The fourth-order valence-corrected chi connectivity index (χ4v) is 2.24. The highest BCUT2D eigenvalue weighted by Gasteiger charge is 2.23. The van der Waals surface area contributed by atoms with Gasteiger partial charge in [0.15, 0.2) is 5.69 Å². The molecule has 1 heterocycles. The van der Waals surface area contributed by atoms with Crippen LogP contribution < -0.4 is 10.6 Å². The van der Waals surface area contributed by atoms with Crippen LogP contribution in [0.5, 0.6) is 0 Å². The maximum absolute atomic E-state index is 12.1. The van der Waals surface area contributed by atoms with Crippen molar-refractivity contribution in [1.82, 2.24) is 25.6 Å². The van der Waals surface area contributed by atoms with Crippen molar-refractivity contribution >= 4 is 23.4 Å². The van der Waals surface area contributed by atoms with Crippen LogP contribution in [0.2, 0.25) is 5.02 Å². The summed E-state index contributed by atoms with van der Waals surface area (Å²) >= 11 is 5.94. The SMILES string of the molecule is Cc1nn(-c2cccc(Cl)c2)nc1C(=O)NCC(=O)NC1CC1. The zero-order valence-corrected chi connectivity index (χ0v) is 13.3. The van der Waals surface area contributed by atoms with Crippen molar-refractivity contribution in [2.24, 2.45) is 0 Å². The standard InChI is InChI=1S/C15H16ClN5O2/c1-9-14(15(23)17-8-13(22)18-11-5-6-11)20-21(19-9)12-4-2-3-10(16)7-12/h2-4,7,11H,5-6,8H2,1H3,(H,17,23)(H,18,22). The lowest BCUT2D eigenvalue weighted by atomic mass is 10.3. The fraction of sp³-hybridized carbons (Fsp3) is 0.333. The van der Waals surface area contributed by atoms with Crippen molar-refractivity contribution in [3.8, 4) is 5.69 Å². The van der Waals surface area contributed by atoms with Gasteiger partial charge in [-0.2, -0.15) is 9.90 Å². The summed E-state index contributed by atoms with van der Waals surface area (Å²) in [6.45, 7) is 1.62. The second-order valence-corrected chi connectivity index (χ2v) is 5.86. The van der Waals surface area contributed by atoms with E-state index in [9.17, 15) is 9.59 Å². The van der Waals surface area contributed by atoms with Gasteiger partial charge in [0.25, 0.3) is 5.91 Å². The first-order chi connectivity index (χ1) is 11.0. The molecule has 7 nitrogen and oxygen atoms in total. The van der Waals surface area contributed by atoms with E-state index in [0.717, 1.165) is 12.8 Å². The number of rotatable bonds is 5. The fourth-order valence-electron chi connectivity index (χ4n) is 2.06. The Balaban J connectivity index is 1.67. The van der Waals surface area contributed by atoms with Crippen molar-refractivity contribution in [3.63, 3.8) is 0 Å². The van der Waals surface area contributed by atoms with Gasteiger partial charge in [0, 0.05) is 11.1 Å². The van der Waals surface area contributed by atoms with E-state index in [-0.39, 0.29) is 24.2 Å². The molecule has 1 aliphatic carbocycles. The molecule has 2 aromatic rings. The lowest BCUT2D eigenvalue weighted by Gasteiger charge is -2.04. The van der Waals surface area contributed by atoms with Gasteiger partial charge in [0.1, 0.15) is 0 Å². The van der Waals surface area contributed by atoms with E-state index in [1.54, 1.807) is 31.2 Å². The molecule has 0 spiro atoms. The third-order valence-corrected chi connectivity index (χ3v) is 3.62. The van der Waals surface area contributed by atoms with Crippen molar-refractivity contribution in [3.05, 3.63) is 40.7 Å². The minimum atomic E-state index is -0.429. The van der Waals surface area contributed by atoms with Gasteiger partial charge in [-0.1, -0.05) is 17.7 Å². The quantitative estimate of drug-likeness (QED) is 0.861. The van der Waals surface area contributed by atoms with Crippen LogP contribution in [0.3, 0.4) is 0 Å². The predicted octanol–water partition coefficient (Wildman–Crippen LogP) is 1.24. The molecule has 1 saturated carbocycles. The number of hydrogen-bond donors (Lipinski definition) is 2. The highest BCUT2D eigenvalue weighted by atomic mass is 35.5. The number of halogens is 1. The number of carbonyl (C=O) groups excluding carboxylic acids is 2. The van der Waals surface area contributed by atoms with Crippen LogP contribution in [-0.2, 0) is 4.79 Å². The zero-order valence-electron chi connectivity index (χ0n) is 12.5. The molecule has 0 saturated heterocycles. The average Bonchev–Trinajstić information content (AvgIpc) is 3.24. The van der Waals surface area contributed by atoms with Gasteiger partial charge in [-0.25, -0.2) is 0 Å². The first kappa shape index (κ1) is 15.5. The number of hydrogen-bond acceptors (Lipinski definition) is 4. The molecule has 8 heteroatoms. The average molecular weight is 334 g/mol. The predicted molar refractivity (Wildman–Crippen MR) is 84.6 cm³/mol. The Morgan fingerprint density at radius 3 is 2.83 bits per heavy atom. The Hall–Kier alpha value is -2.41. The summed E-state index contributed by atoms with van der Waals surface area (Å²) in [7, 11) is 0. The highest BCUT2D eigenvalue weighted by molar-refractivity contribution is 6.30. The summed E-state index contributed by atoms with van der Waals surface area (Å²) in [6, 6.07) is 7.28. The number of aromatic nitrogens is 3. The van der Waals surface area contributed by atoms with E-state index in [1.807, 2.05) is 0 Å². The highest BCUT2D eigenvalue weighted by Crippen LogP contribution is 2.18. The van der Waals surface area contributed by atoms with Crippen molar-refractivity contribution in [1.29, 1.82) is 0 Å². The number of nitrogens with one attached hydrogen (secondary N) is 2. The number of benzene rings is 1. The monoisotopic (exact) mass is 333 g/mol. The topological polar surface area (TPSA) is 88.9 Å². The Labute approximate surface area is 138 Å². The van der Waals surface area contributed by atoms with E-state index >= 15 is 0 Å². The minimum absolute atomic E-state index is 0.0706. The first-order valence-corrected chi connectivity index (χ1v) is 7.68. The Kier molecular flexibility index (Phi) is 4.29. The molecule has 23 heavy (non-hydrogen) atoms. The maximum Gasteiger partial charge on any atom is 0.274 e. The third kappa shape index (κ3) is 3.87.